The van der Waals surface area contributed by atoms with Crippen LogP contribution in [0.2, 0.25) is 0 Å². The van der Waals surface area contributed by atoms with Crippen molar-refractivity contribution < 1.29 is 17.0 Å². The molecule has 0 heterocycles. The molecule has 0 N–H and O–H groups in total. The molecule has 0 amide bonds. The molecule has 1 aromatic carbocycles. The molecule has 0 aromatic heterocycles. The monoisotopic (exact) mass is 282 g/mol. The summed E-state index contributed by atoms with van der Waals surface area (Å²) in [4.78, 5) is 1.33. The maximum Gasteiger partial charge on any atom is 2.00 e. The minimum Gasteiger partial charge on any atom is -1.00 e. The van der Waals surface area contributed by atoms with E-state index in [0.29, 0.717) is 0 Å². The van der Waals surface area contributed by atoms with Crippen LogP contribution in [-0.4, -0.2) is 28.8 Å². The molecular formula is C11H15BrMgS. The third-order valence-corrected chi connectivity index (χ3v) is 2.67. The van der Waals surface area contributed by atoms with Crippen molar-refractivity contribution in [3.05, 3.63) is 30.3 Å². The first-order valence-corrected chi connectivity index (χ1v) is 5.36. The van der Waals surface area contributed by atoms with Gasteiger partial charge >= 0.3 is 23.1 Å². The second-order valence-electron chi connectivity index (χ2n) is 3.27. The first-order chi connectivity index (χ1) is 5.79. The average molecular weight is 284 g/mol. The average Bonchev–Trinajstić information content (AvgIpc) is 2.05. The summed E-state index contributed by atoms with van der Waals surface area (Å²) in [6.45, 7) is 4.52. The van der Waals surface area contributed by atoms with Crippen molar-refractivity contribution in [2.24, 2.45) is 5.92 Å². The van der Waals surface area contributed by atoms with Crippen LogP contribution in [0.15, 0.2) is 29.2 Å². The zero-order valence-corrected chi connectivity index (χ0v) is 12.6. The van der Waals surface area contributed by atoms with Gasteiger partial charge in [-0.3, -0.25) is 0 Å². The number of thioether (sulfide) groups is 1. The van der Waals surface area contributed by atoms with Gasteiger partial charge in [-0.05, 0) is 18.1 Å². The van der Waals surface area contributed by atoms with Crippen LogP contribution in [0.4, 0.5) is 0 Å². The van der Waals surface area contributed by atoms with Crippen LogP contribution in [0.3, 0.4) is 0 Å². The van der Waals surface area contributed by atoms with E-state index in [1.165, 1.54) is 17.1 Å². The van der Waals surface area contributed by atoms with Crippen LogP contribution in [-0.2, 0) is 0 Å². The fraction of sp³-hybridized carbons (Fsp3) is 0.455. The molecule has 0 radical (unpaired) electrons. The molecule has 0 aliphatic rings. The van der Waals surface area contributed by atoms with E-state index in [2.05, 4.69) is 26.0 Å². The molecule has 0 aliphatic carbocycles. The van der Waals surface area contributed by atoms with Crippen LogP contribution in [0.1, 0.15) is 20.3 Å². The Bertz CT molecular complexity index is 214. The Kier molecular flexibility index (Phi) is 12.7. The molecule has 0 nitrogen and oxygen atoms in total. The summed E-state index contributed by atoms with van der Waals surface area (Å²) in [5.74, 6) is 2.03. The Morgan fingerprint density at radius 3 is 2.64 bits per heavy atom. The van der Waals surface area contributed by atoms with Gasteiger partial charge in [-0.15, -0.1) is 4.90 Å². The van der Waals surface area contributed by atoms with Gasteiger partial charge in [0.2, 0.25) is 0 Å². The summed E-state index contributed by atoms with van der Waals surface area (Å²) in [5, 5.41) is 0. The van der Waals surface area contributed by atoms with Crippen LogP contribution in [0, 0.1) is 12.0 Å². The summed E-state index contributed by atoms with van der Waals surface area (Å²) in [5.41, 5.74) is 0. The molecule has 1 rings (SSSR count). The van der Waals surface area contributed by atoms with Gasteiger partial charge in [0.25, 0.3) is 0 Å². The van der Waals surface area contributed by atoms with Crippen LogP contribution in [0.5, 0.6) is 0 Å². The predicted molar refractivity (Wildman–Crippen MR) is 61.2 cm³/mol. The molecule has 14 heavy (non-hydrogen) atoms. The SMILES string of the molecule is CC(C)CCSc1c[c-]ccc1.[Br-].[Mg+2]. The Balaban J connectivity index is 0. The molecule has 1 aromatic rings. The smallest absolute Gasteiger partial charge is 1.00 e. The minimum atomic E-state index is 0. The van der Waals surface area contributed by atoms with E-state index >= 15 is 0 Å². The third-order valence-electron chi connectivity index (χ3n) is 1.64. The van der Waals surface area contributed by atoms with Gasteiger partial charge in [0.15, 0.2) is 0 Å². The Morgan fingerprint density at radius 1 is 1.43 bits per heavy atom. The normalized spacial score (nSPS) is 9.07. The first kappa shape index (κ1) is 17.2. The topological polar surface area (TPSA) is 0 Å². The number of rotatable bonds is 4. The summed E-state index contributed by atoms with van der Waals surface area (Å²) in [6, 6.07) is 11.2. The molecule has 74 valence electrons. The molecule has 0 saturated carbocycles. The molecule has 0 fully saturated rings. The van der Waals surface area contributed by atoms with Crippen LogP contribution < -0.4 is 17.0 Å². The molecule has 0 bridgehead atoms. The van der Waals surface area contributed by atoms with E-state index < -0.39 is 0 Å². The fourth-order valence-corrected chi connectivity index (χ4v) is 2.03. The molecule has 0 aliphatic heterocycles. The Morgan fingerprint density at radius 2 is 2.14 bits per heavy atom. The molecule has 0 saturated heterocycles. The van der Waals surface area contributed by atoms with Crippen molar-refractivity contribution in [3.63, 3.8) is 0 Å². The van der Waals surface area contributed by atoms with E-state index in [9.17, 15) is 0 Å². The van der Waals surface area contributed by atoms with E-state index in [4.69, 9.17) is 0 Å². The van der Waals surface area contributed by atoms with Crippen molar-refractivity contribution in [1.29, 1.82) is 0 Å². The van der Waals surface area contributed by atoms with Gasteiger partial charge in [0, 0.05) is 0 Å². The molecular weight excluding hydrogens is 268 g/mol. The maximum atomic E-state index is 3.08. The fourth-order valence-electron chi connectivity index (χ4n) is 0.879. The van der Waals surface area contributed by atoms with Crippen molar-refractivity contribution in [2.45, 2.75) is 25.2 Å². The number of halogens is 1. The minimum absolute atomic E-state index is 0. The van der Waals surface area contributed by atoms with Crippen molar-refractivity contribution in [3.8, 4) is 0 Å². The molecule has 3 heteroatoms. The third kappa shape index (κ3) is 8.15. The Labute approximate surface area is 118 Å². The molecule has 0 spiro atoms. The van der Waals surface area contributed by atoms with Crippen molar-refractivity contribution in [1.82, 2.24) is 0 Å². The maximum absolute atomic E-state index is 3.08. The van der Waals surface area contributed by atoms with Crippen molar-refractivity contribution >= 4 is 34.8 Å². The largest absolute Gasteiger partial charge is 2.00 e. The van der Waals surface area contributed by atoms with Gasteiger partial charge in [-0.25, -0.2) is 0 Å². The number of benzene rings is 1. The summed E-state index contributed by atoms with van der Waals surface area (Å²) >= 11 is 1.92. The van der Waals surface area contributed by atoms with E-state index in [0.717, 1.165) is 5.92 Å². The standard InChI is InChI=1S/C11H15S.BrH.Mg/c1-10(2)8-9-12-11-6-4-3-5-7-11;;/h3-4,6-7,10H,8-9H2,1-2H3;1H;/q-1;;+2/p-1. The van der Waals surface area contributed by atoms with Crippen LogP contribution in [0.25, 0.3) is 0 Å². The zero-order chi connectivity index (χ0) is 8.81. The quantitative estimate of drug-likeness (QED) is 0.434. The molecule has 0 atom stereocenters. The van der Waals surface area contributed by atoms with Gasteiger partial charge in [-0.2, -0.15) is 42.1 Å². The van der Waals surface area contributed by atoms with E-state index in [1.54, 1.807) is 0 Å². The number of hydrogen-bond acceptors (Lipinski definition) is 1. The summed E-state index contributed by atoms with van der Waals surface area (Å²) < 4.78 is 0. The van der Waals surface area contributed by atoms with E-state index in [-0.39, 0.29) is 40.0 Å². The molecule has 0 unspecified atom stereocenters. The second kappa shape index (κ2) is 10.3. The van der Waals surface area contributed by atoms with Gasteiger partial charge in [0.05, 0.1) is 0 Å². The zero-order valence-electron chi connectivity index (χ0n) is 8.79. The van der Waals surface area contributed by atoms with Gasteiger partial charge in [-0.1, -0.05) is 13.8 Å². The Hall–Kier alpha value is 0.816. The second-order valence-corrected chi connectivity index (χ2v) is 4.44. The first-order valence-electron chi connectivity index (χ1n) is 4.38. The van der Waals surface area contributed by atoms with Gasteiger partial charge < -0.3 is 17.0 Å². The van der Waals surface area contributed by atoms with E-state index in [1.807, 2.05) is 30.0 Å². The summed E-state index contributed by atoms with van der Waals surface area (Å²) in [6.07, 6.45) is 1.29. The number of hydrogen-bond donors (Lipinski definition) is 0. The van der Waals surface area contributed by atoms with Gasteiger partial charge in [0.1, 0.15) is 0 Å². The van der Waals surface area contributed by atoms with Crippen molar-refractivity contribution in [2.75, 3.05) is 5.75 Å². The predicted octanol–water partition coefficient (Wildman–Crippen LogP) is 0.248. The van der Waals surface area contributed by atoms with Crippen LogP contribution >= 0.6 is 11.8 Å². The summed E-state index contributed by atoms with van der Waals surface area (Å²) in [7, 11) is 0.